The van der Waals surface area contributed by atoms with E-state index in [1.807, 2.05) is 12.1 Å². The average molecular weight is 283 g/mol. The highest BCUT2D eigenvalue weighted by molar-refractivity contribution is 6.05. The van der Waals surface area contributed by atoms with E-state index in [0.29, 0.717) is 11.1 Å². The zero-order chi connectivity index (χ0) is 14.8. The van der Waals surface area contributed by atoms with Crippen LogP contribution in [0, 0.1) is 12.7 Å². The number of anilines is 1. The Balaban J connectivity index is 1.91. The smallest absolute Gasteiger partial charge is 0.256 e. The summed E-state index contributed by atoms with van der Waals surface area (Å²) in [5.74, 6) is -0.589. The molecule has 2 aromatic carbocycles. The first-order valence-corrected chi connectivity index (χ1v) is 7.34. The SMILES string of the molecule is Cc1cccc(NC(=O)c2cccc3c2CCCC3)c1F. The van der Waals surface area contributed by atoms with Gasteiger partial charge in [0.1, 0.15) is 5.82 Å². The highest BCUT2D eigenvalue weighted by Gasteiger charge is 2.18. The number of halogens is 1. The second-order valence-electron chi connectivity index (χ2n) is 5.54. The molecule has 0 saturated carbocycles. The van der Waals surface area contributed by atoms with E-state index in [1.54, 1.807) is 25.1 Å². The predicted octanol–water partition coefficient (Wildman–Crippen LogP) is 4.27. The predicted molar refractivity (Wildman–Crippen MR) is 82.2 cm³/mol. The van der Waals surface area contributed by atoms with E-state index in [9.17, 15) is 9.18 Å². The number of fused-ring (bicyclic) bond motifs is 1. The number of hydrogen-bond donors (Lipinski definition) is 1. The summed E-state index contributed by atoms with van der Waals surface area (Å²) in [5.41, 5.74) is 3.82. The third kappa shape index (κ3) is 2.68. The van der Waals surface area contributed by atoms with Crippen LogP contribution in [0.1, 0.15) is 39.9 Å². The maximum Gasteiger partial charge on any atom is 0.256 e. The van der Waals surface area contributed by atoms with Gasteiger partial charge in [-0.3, -0.25) is 4.79 Å². The first-order valence-electron chi connectivity index (χ1n) is 7.34. The Morgan fingerprint density at radius 3 is 2.71 bits per heavy atom. The minimum atomic E-state index is -0.365. The molecule has 3 heteroatoms. The fourth-order valence-electron chi connectivity index (χ4n) is 2.93. The van der Waals surface area contributed by atoms with Crippen LogP contribution in [-0.2, 0) is 12.8 Å². The number of rotatable bonds is 2. The second-order valence-corrected chi connectivity index (χ2v) is 5.54. The van der Waals surface area contributed by atoms with Crippen LogP contribution in [0.4, 0.5) is 10.1 Å². The lowest BCUT2D eigenvalue weighted by molar-refractivity contribution is 0.102. The molecule has 0 spiro atoms. The maximum atomic E-state index is 14.0. The summed E-state index contributed by atoms with van der Waals surface area (Å²) in [5, 5.41) is 2.70. The summed E-state index contributed by atoms with van der Waals surface area (Å²) in [6.07, 6.45) is 4.23. The molecule has 0 aliphatic heterocycles. The third-order valence-corrected chi connectivity index (χ3v) is 4.08. The van der Waals surface area contributed by atoms with Gasteiger partial charge in [0, 0.05) is 5.56 Å². The van der Waals surface area contributed by atoms with Crippen molar-refractivity contribution in [1.82, 2.24) is 0 Å². The molecule has 0 aromatic heterocycles. The lowest BCUT2D eigenvalue weighted by Crippen LogP contribution is -2.18. The lowest BCUT2D eigenvalue weighted by atomic mass is 9.88. The molecular formula is C18H18FNO. The van der Waals surface area contributed by atoms with E-state index in [2.05, 4.69) is 11.4 Å². The molecule has 21 heavy (non-hydrogen) atoms. The Morgan fingerprint density at radius 1 is 1.10 bits per heavy atom. The fourth-order valence-corrected chi connectivity index (χ4v) is 2.93. The quantitative estimate of drug-likeness (QED) is 0.876. The number of nitrogens with one attached hydrogen (secondary N) is 1. The van der Waals surface area contributed by atoms with E-state index in [4.69, 9.17) is 0 Å². The van der Waals surface area contributed by atoms with Crippen molar-refractivity contribution in [3.63, 3.8) is 0 Å². The Morgan fingerprint density at radius 2 is 1.86 bits per heavy atom. The van der Waals surface area contributed by atoms with Crippen LogP contribution >= 0.6 is 0 Å². The first kappa shape index (κ1) is 13.8. The van der Waals surface area contributed by atoms with Gasteiger partial charge in [0.2, 0.25) is 0 Å². The molecular weight excluding hydrogens is 265 g/mol. The van der Waals surface area contributed by atoms with E-state index in [0.717, 1.165) is 24.8 Å². The number of amides is 1. The summed E-state index contributed by atoms with van der Waals surface area (Å²) >= 11 is 0. The molecule has 0 fully saturated rings. The molecule has 1 N–H and O–H groups in total. The first-order chi connectivity index (χ1) is 10.2. The highest BCUT2D eigenvalue weighted by atomic mass is 19.1. The van der Waals surface area contributed by atoms with E-state index in [-0.39, 0.29) is 17.4 Å². The van der Waals surface area contributed by atoms with Crippen molar-refractivity contribution in [1.29, 1.82) is 0 Å². The van der Waals surface area contributed by atoms with Gasteiger partial charge < -0.3 is 5.32 Å². The molecule has 3 rings (SSSR count). The van der Waals surface area contributed by atoms with Crippen LogP contribution in [0.5, 0.6) is 0 Å². The monoisotopic (exact) mass is 283 g/mol. The van der Waals surface area contributed by atoms with Crippen LogP contribution < -0.4 is 5.32 Å². The fraction of sp³-hybridized carbons (Fsp3) is 0.278. The van der Waals surface area contributed by atoms with Crippen molar-refractivity contribution in [2.24, 2.45) is 0 Å². The minimum absolute atomic E-state index is 0.224. The number of carbonyl (C=O) groups is 1. The summed E-state index contributed by atoms with van der Waals surface area (Å²) in [4.78, 5) is 12.5. The lowest BCUT2D eigenvalue weighted by Gasteiger charge is -2.19. The van der Waals surface area contributed by atoms with E-state index < -0.39 is 0 Å². The van der Waals surface area contributed by atoms with Crippen LogP contribution in [-0.4, -0.2) is 5.91 Å². The number of carbonyl (C=O) groups excluding carboxylic acids is 1. The molecule has 0 atom stereocenters. The zero-order valence-corrected chi connectivity index (χ0v) is 12.1. The van der Waals surface area contributed by atoms with Crippen LogP contribution in [0.25, 0.3) is 0 Å². The Labute approximate surface area is 124 Å². The van der Waals surface area contributed by atoms with Gasteiger partial charge in [-0.05, 0) is 61.4 Å². The standard InChI is InChI=1S/C18H18FNO/c1-12-6-4-11-16(17(12)19)20-18(21)15-10-5-8-13-7-2-3-9-14(13)15/h4-6,8,10-11H,2-3,7,9H2,1H3,(H,20,21). The van der Waals surface area contributed by atoms with Crippen molar-refractivity contribution in [3.8, 4) is 0 Å². The van der Waals surface area contributed by atoms with Crippen LogP contribution in [0.3, 0.4) is 0 Å². The van der Waals surface area contributed by atoms with Crippen molar-refractivity contribution >= 4 is 11.6 Å². The normalized spacial score (nSPS) is 13.6. The number of aryl methyl sites for hydroxylation is 2. The zero-order valence-electron chi connectivity index (χ0n) is 12.1. The molecule has 1 amide bonds. The Kier molecular flexibility index (Phi) is 3.74. The summed E-state index contributed by atoms with van der Waals surface area (Å²) in [7, 11) is 0. The van der Waals surface area contributed by atoms with Gasteiger partial charge in [0.15, 0.2) is 0 Å². The topological polar surface area (TPSA) is 29.1 Å². The molecule has 108 valence electrons. The summed E-state index contributed by atoms with van der Waals surface area (Å²) in [6.45, 7) is 1.69. The van der Waals surface area contributed by atoms with Crippen LogP contribution in [0.15, 0.2) is 36.4 Å². The summed E-state index contributed by atoms with van der Waals surface area (Å²) < 4.78 is 14.0. The molecule has 2 nitrogen and oxygen atoms in total. The maximum absolute atomic E-state index is 14.0. The third-order valence-electron chi connectivity index (χ3n) is 4.08. The molecule has 1 aliphatic rings. The van der Waals surface area contributed by atoms with Gasteiger partial charge in [0.05, 0.1) is 5.69 Å². The summed E-state index contributed by atoms with van der Waals surface area (Å²) in [6, 6.07) is 10.8. The van der Waals surface area contributed by atoms with E-state index in [1.165, 1.54) is 12.0 Å². The van der Waals surface area contributed by atoms with Gasteiger partial charge in [0.25, 0.3) is 5.91 Å². The molecule has 0 saturated heterocycles. The Bertz CT molecular complexity index is 694. The van der Waals surface area contributed by atoms with Gasteiger partial charge in [-0.2, -0.15) is 0 Å². The average Bonchev–Trinajstić information content (AvgIpc) is 2.51. The largest absolute Gasteiger partial charge is 0.319 e. The van der Waals surface area contributed by atoms with Gasteiger partial charge in [-0.25, -0.2) is 4.39 Å². The molecule has 0 radical (unpaired) electrons. The van der Waals surface area contributed by atoms with Crippen molar-refractivity contribution < 1.29 is 9.18 Å². The number of benzene rings is 2. The van der Waals surface area contributed by atoms with E-state index >= 15 is 0 Å². The van der Waals surface area contributed by atoms with Gasteiger partial charge in [-0.15, -0.1) is 0 Å². The molecule has 1 aliphatic carbocycles. The molecule has 0 bridgehead atoms. The second kappa shape index (κ2) is 5.68. The van der Waals surface area contributed by atoms with Gasteiger partial charge in [-0.1, -0.05) is 24.3 Å². The highest BCUT2D eigenvalue weighted by Crippen LogP contribution is 2.26. The van der Waals surface area contributed by atoms with Gasteiger partial charge >= 0.3 is 0 Å². The van der Waals surface area contributed by atoms with Crippen molar-refractivity contribution in [2.45, 2.75) is 32.6 Å². The Hall–Kier alpha value is -2.16. The molecule has 0 unspecified atom stereocenters. The van der Waals surface area contributed by atoms with Crippen molar-refractivity contribution in [3.05, 3.63) is 64.5 Å². The van der Waals surface area contributed by atoms with Crippen LogP contribution in [0.2, 0.25) is 0 Å². The molecule has 0 heterocycles. The number of hydrogen-bond acceptors (Lipinski definition) is 1. The minimum Gasteiger partial charge on any atom is -0.319 e. The molecule has 2 aromatic rings. The van der Waals surface area contributed by atoms with Crippen molar-refractivity contribution in [2.75, 3.05) is 5.32 Å².